The zero-order valence-corrected chi connectivity index (χ0v) is 15.7. The molecule has 0 spiro atoms. The van der Waals surface area contributed by atoms with E-state index in [1.807, 2.05) is 48.5 Å². The van der Waals surface area contributed by atoms with Gasteiger partial charge in [-0.1, -0.05) is 66.7 Å². The smallest absolute Gasteiger partial charge is 0.251 e. The molecule has 28 heavy (non-hydrogen) atoms. The van der Waals surface area contributed by atoms with Gasteiger partial charge < -0.3 is 10.6 Å². The summed E-state index contributed by atoms with van der Waals surface area (Å²) in [7, 11) is 0. The third-order valence-electron chi connectivity index (χ3n) is 4.45. The molecule has 0 heterocycles. The Morgan fingerprint density at radius 2 is 1.21 bits per heavy atom. The highest BCUT2D eigenvalue weighted by molar-refractivity contribution is 5.99. The fourth-order valence-corrected chi connectivity index (χ4v) is 2.92. The van der Waals surface area contributed by atoms with Crippen LogP contribution in [0, 0.1) is 0 Å². The number of hydrogen-bond donors (Lipinski definition) is 2. The summed E-state index contributed by atoms with van der Waals surface area (Å²) in [4.78, 5) is 24.7. The van der Waals surface area contributed by atoms with Gasteiger partial charge in [-0.15, -0.1) is 0 Å². The number of aryl methyl sites for hydroxylation is 1. The van der Waals surface area contributed by atoms with Crippen LogP contribution >= 0.6 is 0 Å². The van der Waals surface area contributed by atoms with Gasteiger partial charge in [0.25, 0.3) is 11.8 Å². The highest BCUT2D eigenvalue weighted by Crippen LogP contribution is 2.07. The summed E-state index contributed by atoms with van der Waals surface area (Å²) >= 11 is 0. The Balaban J connectivity index is 1.49. The monoisotopic (exact) mass is 372 g/mol. The number of carbonyl (C=O) groups is 2. The molecule has 2 amide bonds. The van der Waals surface area contributed by atoms with Crippen molar-refractivity contribution in [2.45, 2.75) is 19.4 Å². The molecule has 0 atom stereocenters. The summed E-state index contributed by atoms with van der Waals surface area (Å²) in [6.07, 6.45) is 1.79. The molecule has 0 fully saturated rings. The van der Waals surface area contributed by atoms with Gasteiger partial charge in [0.15, 0.2) is 0 Å². The summed E-state index contributed by atoms with van der Waals surface area (Å²) in [5, 5.41) is 5.80. The molecule has 0 radical (unpaired) electrons. The topological polar surface area (TPSA) is 58.2 Å². The van der Waals surface area contributed by atoms with E-state index in [-0.39, 0.29) is 11.8 Å². The Bertz CT molecular complexity index is 908. The van der Waals surface area contributed by atoms with Crippen LogP contribution in [0.3, 0.4) is 0 Å². The highest BCUT2D eigenvalue weighted by atomic mass is 16.2. The maximum Gasteiger partial charge on any atom is 0.251 e. The molecular formula is C24H24N2O2. The van der Waals surface area contributed by atoms with Gasteiger partial charge in [-0.25, -0.2) is 0 Å². The zero-order valence-electron chi connectivity index (χ0n) is 15.7. The van der Waals surface area contributed by atoms with E-state index in [2.05, 4.69) is 22.8 Å². The second-order valence-corrected chi connectivity index (χ2v) is 6.59. The van der Waals surface area contributed by atoms with Crippen LogP contribution in [0.2, 0.25) is 0 Å². The van der Waals surface area contributed by atoms with E-state index in [9.17, 15) is 9.59 Å². The van der Waals surface area contributed by atoms with Gasteiger partial charge in [0.1, 0.15) is 0 Å². The molecule has 142 valence electrons. The Hall–Kier alpha value is -3.40. The zero-order chi connectivity index (χ0) is 19.6. The molecule has 0 aliphatic heterocycles. The molecule has 3 aromatic rings. The van der Waals surface area contributed by atoms with Gasteiger partial charge in [-0.05, 0) is 42.2 Å². The van der Waals surface area contributed by atoms with Crippen molar-refractivity contribution in [1.82, 2.24) is 10.6 Å². The Kier molecular flexibility index (Phi) is 6.96. The minimum absolute atomic E-state index is 0.161. The summed E-state index contributed by atoms with van der Waals surface area (Å²) in [5.74, 6) is -0.353. The molecule has 4 nitrogen and oxygen atoms in total. The molecule has 0 bridgehead atoms. The predicted octanol–water partition coefficient (Wildman–Crippen LogP) is 3.98. The molecule has 3 rings (SSSR count). The van der Waals surface area contributed by atoms with E-state index >= 15 is 0 Å². The number of rotatable bonds is 8. The van der Waals surface area contributed by atoms with Crippen molar-refractivity contribution in [3.8, 4) is 0 Å². The molecule has 0 saturated heterocycles. The molecule has 0 aromatic heterocycles. The van der Waals surface area contributed by atoms with E-state index < -0.39 is 0 Å². The van der Waals surface area contributed by atoms with Crippen LogP contribution in [-0.2, 0) is 13.0 Å². The normalized spacial score (nSPS) is 10.3. The van der Waals surface area contributed by atoms with E-state index in [1.54, 1.807) is 24.3 Å². The van der Waals surface area contributed by atoms with Gasteiger partial charge in [-0.3, -0.25) is 9.59 Å². The highest BCUT2D eigenvalue weighted by Gasteiger charge is 2.10. The number of amides is 2. The summed E-state index contributed by atoms with van der Waals surface area (Å²) in [6, 6.07) is 26.7. The number of hydrogen-bond acceptors (Lipinski definition) is 2. The van der Waals surface area contributed by atoms with Crippen LogP contribution in [0.15, 0.2) is 84.9 Å². The van der Waals surface area contributed by atoms with Gasteiger partial charge in [-0.2, -0.15) is 0 Å². The van der Waals surface area contributed by atoms with Gasteiger partial charge in [0, 0.05) is 24.2 Å². The van der Waals surface area contributed by atoms with Crippen LogP contribution in [0.5, 0.6) is 0 Å². The Morgan fingerprint density at radius 3 is 1.86 bits per heavy atom. The van der Waals surface area contributed by atoms with Crippen molar-refractivity contribution in [2.24, 2.45) is 0 Å². The van der Waals surface area contributed by atoms with Crippen LogP contribution in [0.1, 0.15) is 38.3 Å². The lowest BCUT2D eigenvalue weighted by Crippen LogP contribution is -2.26. The molecule has 0 aliphatic carbocycles. The number of nitrogens with one attached hydrogen (secondary N) is 2. The van der Waals surface area contributed by atoms with Crippen LogP contribution in [-0.4, -0.2) is 18.4 Å². The molecule has 0 unspecified atom stereocenters. The van der Waals surface area contributed by atoms with Crippen molar-refractivity contribution in [1.29, 1.82) is 0 Å². The lowest BCUT2D eigenvalue weighted by Gasteiger charge is -2.08. The van der Waals surface area contributed by atoms with Crippen molar-refractivity contribution >= 4 is 11.8 Å². The van der Waals surface area contributed by atoms with Gasteiger partial charge >= 0.3 is 0 Å². The molecule has 4 heteroatoms. The average Bonchev–Trinajstić information content (AvgIpc) is 2.76. The first-order chi connectivity index (χ1) is 13.7. The summed E-state index contributed by atoms with van der Waals surface area (Å²) in [6.45, 7) is 1.05. The Labute approximate surface area is 165 Å². The van der Waals surface area contributed by atoms with Crippen molar-refractivity contribution in [3.05, 3.63) is 107 Å². The molecule has 0 aliphatic rings. The van der Waals surface area contributed by atoms with Gasteiger partial charge in [0.05, 0.1) is 0 Å². The first-order valence-corrected chi connectivity index (χ1v) is 9.47. The fourth-order valence-electron chi connectivity index (χ4n) is 2.92. The maximum absolute atomic E-state index is 12.4. The van der Waals surface area contributed by atoms with Crippen molar-refractivity contribution < 1.29 is 9.59 Å². The molecular weight excluding hydrogens is 348 g/mol. The van der Waals surface area contributed by atoms with E-state index in [0.717, 1.165) is 18.4 Å². The lowest BCUT2D eigenvalue weighted by atomic mass is 10.1. The number of carbonyl (C=O) groups excluding carboxylic acids is 2. The largest absolute Gasteiger partial charge is 0.352 e. The third kappa shape index (κ3) is 5.81. The Morgan fingerprint density at radius 1 is 0.643 bits per heavy atom. The van der Waals surface area contributed by atoms with Crippen LogP contribution in [0.25, 0.3) is 0 Å². The minimum Gasteiger partial charge on any atom is -0.352 e. The second-order valence-electron chi connectivity index (χ2n) is 6.59. The standard InChI is InChI=1S/C24H24N2O2/c27-23(25-16-8-13-19-9-3-1-4-10-19)21-14-7-15-22(17-21)24(28)26-18-20-11-5-2-6-12-20/h1-7,9-12,14-15,17H,8,13,16,18H2,(H,25,27)(H,26,28). The number of benzene rings is 3. The maximum atomic E-state index is 12.4. The fraction of sp³-hybridized carbons (Fsp3) is 0.167. The lowest BCUT2D eigenvalue weighted by molar-refractivity contribution is 0.0950. The first kappa shape index (κ1) is 19.4. The average molecular weight is 372 g/mol. The van der Waals surface area contributed by atoms with E-state index in [0.29, 0.717) is 24.2 Å². The van der Waals surface area contributed by atoms with E-state index in [1.165, 1.54) is 5.56 Å². The van der Waals surface area contributed by atoms with Crippen molar-refractivity contribution in [2.75, 3.05) is 6.54 Å². The first-order valence-electron chi connectivity index (χ1n) is 9.47. The summed E-state index contributed by atoms with van der Waals surface area (Å²) < 4.78 is 0. The van der Waals surface area contributed by atoms with Crippen molar-refractivity contribution in [3.63, 3.8) is 0 Å². The SMILES string of the molecule is O=C(NCCCc1ccccc1)c1cccc(C(=O)NCc2ccccc2)c1. The molecule has 3 aromatic carbocycles. The minimum atomic E-state index is -0.192. The van der Waals surface area contributed by atoms with Crippen LogP contribution < -0.4 is 10.6 Å². The van der Waals surface area contributed by atoms with Gasteiger partial charge in [0.2, 0.25) is 0 Å². The van der Waals surface area contributed by atoms with E-state index in [4.69, 9.17) is 0 Å². The summed E-state index contributed by atoms with van der Waals surface area (Å²) in [5.41, 5.74) is 3.26. The second kappa shape index (κ2) is 10.1. The third-order valence-corrected chi connectivity index (χ3v) is 4.45. The molecule has 2 N–H and O–H groups in total. The molecule has 0 saturated carbocycles. The van der Waals surface area contributed by atoms with Crippen LogP contribution in [0.4, 0.5) is 0 Å². The quantitative estimate of drug-likeness (QED) is 0.588. The predicted molar refractivity (Wildman–Crippen MR) is 111 cm³/mol.